The molecule has 1 fully saturated rings. The van der Waals surface area contributed by atoms with E-state index in [4.69, 9.17) is 0 Å². The number of pyridine rings is 1. The number of aryl methyl sites for hydroxylation is 2. The Balaban J connectivity index is 1.77. The van der Waals surface area contributed by atoms with Gasteiger partial charge in [0.15, 0.2) is 0 Å². The van der Waals surface area contributed by atoms with E-state index in [1.54, 1.807) is 30.8 Å². The normalized spacial score (nSPS) is 17.9. The number of sulfonamides is 1. The van der Waals surface area contributed by atoms with Gasteiger partial charge in [-0.1, -0.05) is 0 Å². The lowest BCUT2D eigenvalue weighted by Gasteiger charge is -2.21. The molecule has 0 bridgehead atoms. The number of rotatable bonds is 5. The van der Waals surface area contributed by atoms with Gasteiger partial charge < -0.3 is 9.80 Å². The number of hydrogen-bond donors (Lipinski definition) is 1. The molecule has 9 heteroatoms. The Labute approximate surface area is 154 Å². The number of nitrogens with zero attached hydrogens (tertiary/aromatic N) is 5. The average Bonchev–Trinajstić information content (AvgIpc) is 3.17. The molecule has 0 amide bonds. The van der Waals surface area contributed by atoms with Crippen molar-refractivity contribution in [2.24, 2.45) is 7.05 Å². The van der Waals surface area contributed by atoms with Gasteiger partial charge in [-0.05, 0) is 46.5 Å². The molecule has 0 radical (unpaired) electrons. The van der Waals surface area contributed by atoms with Crippen LogP contribution in [0.2, 0.25) is 0 Å². The summed E-state index contributed by atoms with van der Waals surface area (Å²) in [5.41, 5.74) is 1.93. The minimum Gasteiger partial charge on any atom is -0.355 e. The zero-order valence-electron chi connectivity index (χ0n) is 15.9. The Hall–Kier alpha value is -2.13. The quantitative estimate of drug-likeness (QED) is 0.846. The van der Waals surface area contributed by atoms with Gasteiger partial charge in [0.25, 0.3) is 10.0 Å². The first-order chi connectivity index (χ1) is 12.2. The lowest BCUT2D eigenvalue weighted by atomic mass is 10.2. The fourth-order valence-electron chi connectivity index (χ4n) is 3.20. The van der Waals surface area contributed by atoms with E-state index in [2.05, 4.69) is 38.7 Å². The maximum atomic E-state index is 12.7. The van der Waals surface area contributed by atoms with Gasteiger partial charge in [-0.25, -0.2) is 13.4 Å². The van der Waals surface area contributed by atoms with E-state index in [1.807, 2.05) is 6.92 Å². The van der Waals surface area contributed by atoms with Gasteiger partial charge in [-0.3, -0.25) is 9.40 Å². The van der Waals surface area contributed by atoms with Crippen molar-refractivity contribution >= 4 is 21.5 Å². The van der Waals surface area contributed by atoms with Crippen molar-refractivity contribution in [2.75, 3.05) is 36.8 Å². The molecule has 26 heavy (non-hydrogen) atoms. The van der Waals surface area contributed by atoms with Gasteiger partial charge in [0, 0.05) is 32.4 Å². The Bertz CT molecular complexity index is 889. The number of anilines is 2. The smallest absolute Gasteiger partial charge is 0.263 e. The molecule has 1 atom stereocenters. The molecule has 1 unspecified atom stereocenters. The molecule has 1 aliphatic rings. The third kappa shape index (κ3) is 3.54. The lowest BCUT2D eigenvalue weighted by Crippen LogP contribution is -2.31. The predicted octanol–water partition coefficient (Wildman–Crippen LogP) is 1.37. The second kappa shape index (κ2) is 6.88. The second-order valence-corrected chi connectivity index (χ2v) is 8.66. The summed E-state index contributed by atoms with van der Waals surface area (Å²) in [7, 11) is 2.23. The fourth-order valence-corrected chi connectivity index (χ4v) is 4.33. The summed E-state index contributed by atoms with van der Waals surface area (Å²) in [6, 6.07) is 3.88. The number of likely N-dealkylation sites (N-methyl/N-ethyl adjacent to an activating group) is 1. The van der Waals surface area contributed by atoms with Gasteiger partial charge in [0.2, 0.25) is 0 Å². The van der Waals surface area contributed by atoms with Crippen LogP contribution in [0.5, 0.6) is 0 Å². The highest BCUT2D eigenvalue weighted by Gasteiger charge is 2.25. The Morgan fingerprint density at radius 3 is 2.50 bits per heavy atom. The molecule has 2 aromatic heterocycles. The molecule has 0 saturated carbocycles. The highest BCUT2D eigenvalue weighted by Crippen LogP contribution is 2.24. The first-order valence-electron chi connectivity index (χ1n) is 8.59. The third-order valence-electron chi connectivity index (χ3n) is 4.99. The summed E-state index contributed by atoms with van der Waals surface area (Å²) in [5.74, 6) is 0.807. The van der Waals surface area contributed by atoms with Crippen LogP contribution in [-0.2, 0) is 17.1 Å². The minimum absolute atomic E-state index is 0.146. The van der Waals surface area contributed by atoms with Gasteiger partial charge in [0.1, 0.15) is 10.7 Å². The topological polar surface area (TPSA) is 83.4 Å². The van der Waals surface area contributed by atoms with Crippen molar-refractivity contribution in [1.29, 1.82) is 0 Å². The molecule has 3 rings (SSSR count). The fraction of sp³-hybridized carbons (Fsp3) is 0.529. The van der Waals surface area contributed by atoms with E-state index in [-0.39, 0.29) is 4.90 Å². The Kier molecular flexibility index (Phi) is 4.94. The number of nitrogens with one attached hydrogen (secondary N) is 1. The van der Waals surface area contributed by atoms with Crippen LogP contribution in [0.4, 0.5) is 11.5 Å². The number of hydrogen-bond acceptors (Lipinski definition) is 6. The van der Waals surface area contributed by atoms with E-state index < -0.39 is 10.0 Å². The van der Waals surface area contributed by atoms with E-state index in [9.17, 15) is 8.42 Å². The van der Waals surface area contributed by atoms with Gasteiger partial charge in [-0.2, -0.15) is 5.10 Å². The first kappa shape index (κ1) is 18.7. The molecule has 1 saturated heterocycles. The number of aromatic nitrogens is 3. The molecule has 0 aliphatic carbocycles. The molecule has 0 aromatic carbocycles. The molecule has 142 valence electrons. The maximum absolute atomic E-state index is 12.7. The molecule has 1 N–H and O–H groups in total. The SMILES string of the molecule is Cc1nn(C)c(C)c1NS(=O)(=O)c1ccc(N2CCC(N(C)C)C2)nc1. The van der Waals surface area contributed by atoms with Gasteiger partial charge in [-0.15, -0.1) is 0 Å². The molecular weight excluding hydrogens is 352 g/mol. The summed E-state index contributed by atoms with van der Waals surface area (Å²) in [6.45, 7) is 5.43. The van der Waals surface area contributed by atoms with Crippen molar-refractivity contribution in [3.63, 3.8) is 0 Å². The van der Waals surface area contributed by atoms with Crippen LogP contribution in [-0.4, -0.2) is 61.3 Å². The van der Waals surface area contributed by atoms with Crippen molar-refractivity contribution in [3.05, 3.63) is 29.7 Å². The summed E-state index contributed by atoms with van der Waals surface area (Å²) >= 11 is 0. The Morgan fingerprint density at radius 2 is 2.00 bits per heavy atom. The van der Waals surface area contributed by atoms with Crippen LogP contribution in [0.25, 0.3) is 0 Å². The van der Waals surface area contributed by atoms with Crippen LogP contribution in [0.15, 0.2) is 23.2 Å². The largest absolute Gasteiger partial charge is 0.355 e. The summed E-state index contributed by atoms with van der Waals surface area (Å²) in [4.78, 5) is 8.92. The summed E-state index contributed by atoms with van der Waals surface area (Å²) in [5, 5.41) is 4.24. The molecular formula is C17H26N6O2S. The predicted molar refractivity (Wildman–Crippen MR) is 102 cm³/mol. The van der Waals surface area contributed by atoms with Gasteiger partial charge in [0.05, 0.1) is 17.1 Å². The van der Waals surface area contributed by atoms with Crippen LogP contribution in [0.1, 0.15) is 17.8 Å². The van der Waals surface area contributed by atoms with Crippen LogP contribution >= 0.6 is 0 Å². The highest BCUT2D eigenvalue weighted by atomic mass is 32.2. The minimum atomic E-state index is -3.70. The molecule has 2 aromatic rings. The maximum Gasteiger partial charge on any atom is 0.263 e. The van der Waals surface area contributed by atoms with E-state index in [1.165, 1.54) is 6.20 Å². The molecule has 3 heterocycles. The standard InChI is InChI=1S/C17H26N6O2S/c1-12-17(13(2)22(5)19-12)20-26(24,25)15-6-7-16(18-10-15)23-9-8-14(11-23)21(3)4/h6-7,10,14,20H,8-9,11H2,1-5H3. The van der Waals surface area contributed by atoms with Crippen molar-refractivity contribution in [2.45, 2.75) is 31.2 Å². The highest BCUT2D eigenvalue weighted by molar-refractivity contribution is 7.92. The van der Waals surface area contributed by atoms with Gasteiger partial charge >= 0.3 is 0 Å². The monoisotopic (exact) mass is 378 g/mol. The van der Waals surface area contributed by atoms with Crippen molar-refractivity contribution < 1.29 is 8.42 Å². The molecule has 0 spiro atoms. The molecule has 8 nitrogen and oxygen atoms in total. The van der Waals surface area contributed by atoms with E-state index in [0.717, 1.165) is 31.0 Å². The van der Waals surface area contributed by atoms with Crippen LogP contribution < -0.4 is 9.62 Å². The van der Waals surface area contributed by atoms with E-state index in [0.29, 0.717) is 17.4 Å². The van der Waals surface area contributed by atoms with Crippen molar-refractivity contribution in [1.82, 2.24) is 19.7 Å². The van der Waals surface area contributed by atoms with Crippen molar-refractivity contribution in [3.8, 4) is 0 Å². The zero-order valence-corrected chi connectivity index (χ0v) is 16.7. The average molecular weight is 379 g/mol. The third-order valence-corrected chi connectivity index (χ3v) is 6.33. The molecule has 1 aliphatic heterocycles. The van der Waals surface area contributed by atoms with Crippen LogP contribution in [0, 0.1) is 13.8 Å². The summed E-state index contributed by atoms with van der Waals surface area (Å²) < 4.78 is 29.6. The zero-order chi connectivity index (χ0) is 19.1. The van der Waals surface area contributed by atoms with E-state index >= 15 is 0 Å². The lowest BCUT2D eigenvalue weighted by molar-refractivity contribution is 0.315. The second-order valence-electron chi connectivity index (χ2n) is 6.98. The first-order valence-corrected chi connectivity index (χ1v) is 10.1. The summed E-state index contributed by atoms with van der Waals surface area (Å²) in [6.07, 6.45) is 2.50. The van der Waals surface area contributed by atoms with Crippen LogP contribution in [0.3, 0.4) is 0 Å². The Morgan fingerprint density at radius 1 is 1.27 bits per heavy atom.